The summed E-state index contributed by atoms with van der Waals surface area (Å²) in [4.78, 5) is 0. The maximum atomic E-state index is 12.5. The smallest absolute Gasteiger partial charge is 0.166 e. The highest BCUT2D eigenvalue weighted by Crippen LogP contribution is 2.37. The normalized spacial score (nSPS) is 11.7. The molecule has 19 heavy (non-hydrogen) atoms. The van der Waals surface area contributed by atoms with Crippen LogP contribution in [0.15, 0.2) is 36.4 Å². The van der Waals surface area contributed by atoms with Gasteiger partial charge in [-0.3, -0.25) is 0 Å². The van der Waals surface area contributed by atoms with Crippen LogP contribution in [-0.4, -0.2) is 0 Å². The van der Waals surface area contributed by atoms with Crippen LogP contribution in [0.5, 0.6) is 0 Å². The quantitative estimate of drug-likeness (QED) is 0.537. The Labute approximate surface area is 122 Å². The molecule has 0 N–H and O–H groups in total. The van der Waals surface area contributed by atoms with E-state index < -0.39 is 11.7 Å². The summed E-state index contributed by atoms with van der Waals surface area (Å²) in [6.45, 7) is 0. The molecule has 0 saturated heterocycles. The first kappa shape index (κ1) is 14.5. The van der Waals surface area contributed by atoms with Crippen molar-refractivity contribution in [1.82, 2.24) is 0 Å². The minimum atomic E-state index is -4.37. The van der Waals surface area contributed by atoms with Crippen molar-refractivity contribution < 1.29 is 13.2 Å². The van der Waals surface area contributed by atoms with Crippen LogP contribution < -0.4 is 0 Å². The van der Waals surface area contributed by atoms with Crippen LogP contribution in [0.4, 0.5) is 13.2 Å². The zero-order valence-electron chi connectivity index (χ0n) is 9.23. The van der Waals surface area contributed by atoms with Gasteiger partial charge in [0.1, 0.15) is 0 Å². The standard InChI is InChI=1S/C13H6Cl3F3/c14-9-5-10(12(16)11(15)6-9)7-1-3-8(4-2-7)13(17,18)19/h1-6H. The van der Waals surface area contributed by atoms with Crippen molar-refractivity contribution in [2.24, 2.45) is 0 Å². The largest absolute Gasteiger partial charge is 0.416 e. The molecule has 0 aliphatic heterocycles. The fourth-order valence-corrected chi connectivity index (χ4v) is 2.32. The third kappa shape index (κ3) is 3.16. The van der Waals surface area contributed by atoms with E-state index in [9.17, 15) is 13.2 Å². The molecule has 0 bridgehead atoms. The van der Waals surface area contributed by atoms with Gasteiger partial charge in [-0.05, 0) is 29.8 Å². The lowest BCUT2D eigenvalue weighted by Gasteiger charge is -2.10. The maximum absolute atomic E-state index is 12.5. The summed E-state index contributed by atoms with van der Waals surface area (Å²) in [7, 11) is 0. The number of rotatable bonds is 1. The fraction of sp³-hybridized carbons (Fsp3) is 0.0769. The number of alkyl halides is 3. The van der Waals surface area contributed by atoms with E-state index in [1.54, 1.807) is 6.07 Å². The van der Waals surface area contributed by atoms with Gasteiger partial charge in [-0.25, -0.2) is 0 Å². The van der Waals surface area contributed by atoms with Gasteiger partial charge in [-0.1, -0.05) is 46.9 Å². The lowest BCUT2D eigenvalue weighted by atomic mass is 10.0. The molecule has 0 unspecified atom stereocenters. The van der Waals surface area contributed by atoms with Crippen LogP contribution in [0.1, 0.15) is 5.56 Å². The van der Waals surface area contributed by atoms with Gasteiger partial charge < -0.3 is 0 Å². The van der Waals surface area contributed by atoms with Gasteiger partial charge in [0.25, 0.3) is 0 Å². The van der Waals surface area contributed by atoms with Gasteiger partial charge in [0.15, 0.2) is 0 Å². The van der Waals surface area contributed by atoms with E-state index in [4.69, 9.17) is 34.8 Å². The number of benzene rings is 2. The zero-order chi connectivity index (χ0) is 14.2. The molecular weight excluding hydrogens is 319 g/mol. The van der Waals surface area contributed by atoms with Crippen molar-refractivity contribution in [3.05, 3.63) is 57.0 Å². The molecule has 0 fully saturated rings. The lowest BCUT2D eigenvalue weighted by molar-refractivity contribution is -0.137. The fourth-order valence-electron chi connectivity index (χ4n) is 1.60. The van der Waals surface area contributed by atoms with E-state index in [0.29, 0.717) is 16.1 Å². The van der Waals surface area contributed by atoms with Crippen LogP contribution >= 0.6 is 34.8 Å². The molecule has 2 aromatic carbocycles. The summed E-state index contributed by atoms with van der Waals surface area (Å²) in [6, 6.07) is 7.66. The van der Waals surface area contributed by atoms with Crippen molar-refractivity contribution in [1.29, 1.82) is 0 Å². The molecule has 0 saturated carbocycles. The Kier molecular flexibility index (Phi) is 4.00. The van der Waals surface area contributed by atoms with Crippen molar-refractivity contribution in [2.75, 3.05) is 0 Å². The highest BCUT2D eigenvalue weighted by atomic mass is 35.5. The average Bonchev–Trinajstić information content (AvgIpc) is 2.33. The van der Waals surface area contributed by atoms with Gasteiger partial charge in [-0.2, -0.15) is 13.2 Å². The van der Waals surface area contributed by atoms with E-state index in [1.165, 1.54) is 18.2 Å². The Morgan fingerprint density at radius 1 is 0.842 bits per heavy atom. The second-order valence-corrected chi connectivity index (χ2v) is 5.05. The molecule has 0 nitrogen and oxygen atoms in total. The Morgan fingerprint density at radius 3 is 1.95 bits per heavy atom. The molecular formula is C13H6Cl3F3. The Hall–Kier alpha value is -0.900. The first-order valence-corrected chi connectivity index (χ1v) is 6.24. The first-order valence-electron chi connectivity index (χ1n) is 5.11. The van der Waals surface area contributed by atoms with Crippen molar-refractivity contribution in [2.45, 2.75) is 6.18 Å². The minimum Gasteiger partial charge on any atom is -0.166 e. The number of hydrogen-bond acceptors (Lipinski definition) is 0. The summed E-state index contributed by atoms with van der Waals surface area (Å²) < 4.78 is 37.4. The molecule has 0 amide bonds. The number of hydrogen-bond donors (Lipinski definition) is 0. The van der Waals surface area contributed by atoms with E-state index in [0.717, 1.165) is 12.1 Å². The predicted molar refractivity (Wildman–Crippen MR) is 71.9 cm³/mol. The van der Waals surface area contributed by atoms with E-state index in [2.05, 4.69) is 0 Å². The second kappa shape index (κ2) is 5.23. The van der Waals surface area contributed by atoms with Gasteiger partial charge in [0.2, 0.25) is 0 Å². The summed E-state index contributed by atoms with van der Waals surface area (Å²) in [5.74, 6) is 0. The average molecular weight is 326 g/mol. The van der Waals surface area contributed by atoms with Crippen molar-refractivity contribution in [3.63, 3.8) is 0 Å². The van der Waals surface area contributed by atoms with Crippen LogP contribution in [0.25, 0.3) is 11.1 Å². The van der Waals surface area contributed by atoms with E-state index in [-0.39, 0.29) is 10.0 Å². The molecule has 2 rings (SSSR count). The summed E-state index contributed by atoms with van der Waals surface area (Å²) in [6.07, 6.45) is -4.37. The predicted octanol–water partition coefficient (Wildman–Crippen LogP) is 6.33. The minimum absolute atomic E-state index is 0.254. The molecule has 0 spiro atoms. The summed E-state index contributed by atoms with van der Waals surface area (Å²) >= 11 is 17.7. The molecule has 2 aromatic rings. The summed E-state index contributed by atoms with van der Waals surface area (Å²) in [5, 5.41) is 0.874. The van der Waals surface area contributed by atoms with Gasteiger partial charge in [-0.15, -0.1) is 0 Å². The molecule has 0 radical (unpaired) electrons. The van der Waals surface area contributed by atoms with E-state index >= 15 is 0 Å². The van der Waals surface area contributed by atoms with Crippen molar-refractivity contribution in [3.8, 4) is 11.1 Å². The third-order valence-corrected chi connectivity index (χ3v) is 3.54. The van der Waals surface area contributed by atoms with Crippen molar-refractivity contribution >= 4 is 34.8 Å². The maximum Gasteiger partial charge on any atom is 0.416 e. The first-order chi connectivity index (χ1) is 8.79. The molecule has 0 aliphatic carbocycles. The molecule has 6 heteroatoms. The lowest BCUT2D eigenvalue weighted by Crippen LogP contribution is -2.04. The highest BCUT2D eigenvalue weighted by molar-refractivity contribution is 6.45. The summed E-state index contributed by atoms with van der Waals surface area (Å²) in [5.41, 5.74) is 0.288. The van der Waals surface area contributed by atoms with Crippen LogP contribution in [-0.2, 0) is 6.18 Å². The van der Waals surface area contributed by atoms with Crippen LogP contribution in [0, 0.1) is 0 Å². The molecule has 0 heterocycles. The third-order valence-electron chi connectivity index (χ3n) is 2.52. The van der Waals surface area contributed by atoms with Crippen LogP contribution in [0.2, 0.25) is 15.1 Å². The zero-order valence-corrected chi connectivity index (χ0v) is 11.5. The Bertz CT molecular complexity index is 604. The van der Waals surface area contributed by atoms with Gasteiger partial charge in [0.05, 0.1) is 15.6 Å². The SMILES string of the molecule is FC(F)(F)c1ccc(-c2cc(Cl)cc(Cl)c2Cl)cc1. The second-order valence-electron chi connectivity index (χ2n) is 3.82. The van der Waals surface area contributed by atoms with E-state index in [1.807, 2.05) is 0 Å². The monoisotopic (exact) mass is 324 g/mol. The molecule has 100 valence electrons. The topological polar surface area (TPSA) is 0 Å². The van der Waals surface area contributed by atoms with Crippen LogP contribution in [0.3, 0.4) is 0 Å². The number of halogens is 6. The molecule has 0 atom stereocenters. The molecule has 0 aliphatic rings. The van der Waals surface area contributed by atoms with Gasteiger partial charge in [0, 0.05) is 10.6 Å². The Morgan fingerprint density at radius 2 is 1.42 bits per heavy atom. The highest BCUT2D eigenvalue weighted by Gasteiger charge is 2.30. The molecule has 0 aromatic heterocycles. The Balaban J connectivity index is 2.49. The van der Waals surface area contributed by atoms with Gasteiger partial charge >= 0.3 is 6.18 Å².